The quantitative estimate of drug-likeness (QED) is 0.358. The fourth-order valence-electron chi connectivity index (χ4n) is 4.61. The normalized spacial score (nSPS) is 23.3. The van der Waals surface area contributed by atoms with Crippen molar-refractivity contribution in [2.24, 2.45) is 5.92 Å². The van der Waals surface area contributed by atoms with Crippen LogP contribution in [0.1, 0.15) is 63.9 Å². The molecular weight excluding hydrogens is 375 g/mol. The zero-order valence-electron chi connectivity index (χ0n) is 15.9. The first-order valence-electron chi connectivity index (χ1n) is 9.92. The van der Waals surface area contributed by atoms with Gasteiger partial charge in [-0.1, -0.05) is 63.3 Å². The average molecular weight is 400 g/mol. The van der Waals surface area contributed by atoms with Crippen molar-refractivity contribution < 1.29 is 26.7 Å². The Hall–Kier alpha value is -1.69. The number of ether oxygens (including phenoxy) is 1. The molecule has 6 heteroatoms. The lowest BCUT2D eigenvalue weighted by Gasteiger charge is -2.45. The molecule has 1 nitrogen and oxygen atoms in total. The van der Waals surface area contributed by atoms with Crippen LogP contribution in [0.15, 0.2) is 30.3 Å². The molecule has 28 heavy (non-hydrogen) atoms. The maximum absolute atomic E-state index is 15.4. The van der Waals surface area contributed by atoms with Gasteiger partial charge >= 0.3 is 6.36 Å². The Morgan fingerprint density at radius 3 is 2.57 bits per heavy atom. The minimum absolute atomic E-state index is 0.0461. The number of hydrogen-bond acceptors (Lipinski definition) is 1. The summed E-state index contributed by atoms with van der Waals surface area (Å²) in [5.41, 5.74) is -2.59. The van der Waals surface area contributed by atoms with Gasteiger partial charge in [0.2, 0.25) is 0 Å². The van der Waals surface area contributed by atoms with Crippen molar-refractivity contribution >= 4 is 10.8 Å². The molecule has 0 bridgehead atoms. The highest BCUT2D eigenvalue weighted by Crippen LogP contribution is 2.52. The summed E-state index contributed by atoms with van der Waals surface area (Å²) in [6.07, 6.45) is -0.453. The van der Waals surface area contributed by atoms with E-state index < -0.39 is 35.1 Å². The highest BCUT2D eigenvalue weighted by atomic mass is 19.4. The summed E-state index contributed by atoms with van der Waals surface area (Å²) in [7, 11) is 0. The Labute approximate surface area is 161 Å². The van der Waals surface area contributed by atoms with Crippen LogP contribution < -0.4 is 0 Å². The lowest BCUT2D eigenvalue weighted by molar-refractivity contribution is -0.385. The van der Waals surface area contributed by atoms with Crippen LogP contribution in [0, 0.1) is 17.6 Å². The third-order valence-electron chi connectivity index (χ3n) is 5.83. The van der Waals surface area contributed by atoms with E-state index in [2.05, 4.69) is 4.74 Å². The van der Waals surface area contributed by atoms with Crippen molar-refractivity contribution in [2.75, 3.05) is 0 Å². The highest BCUT2D eigenvalue weighted by molar-refractivity contribution is 5.84. The molecule has 2 atom stereocenters. The van der Waals surface area contributed by atoms with Gasteiger partial charge in [-0.05, 0) is 36.6 Å². The predicted molar refractivity (Wildman–Crippen MR) is 98.8 cm³/mol. The van der Waals surface area contributed by atoms with Gasteiger partial charge in [-0.15, -0.1) is 13.2 Å². The van der Waals surface area contributed by atoms with Gasteiger partial charge in [-0.25, -0.2) is 8.78 Å². The minimum Gasteiger partial charge on any atom is -0.280 e. The van der Waals surface area contributed by atoms with Gasteiger partial charge in [0.05, 0.1) is 5.56 Å². The zero-order valence-corrected chi connectivity index (χ0v) is 15.9. The topological polar surface area (TPSA) is 9.23 Å². The van der Waals surface area contributed by atoms with Crippen LogP contribution in [0.25, 0.3) is 10.8 Å². The van der Waals surface area contributed by atoms with E-state index in [0.717, 1.165) is 25.3 Å². The fraction of sp³-hybridized carbons (Fsp3) is 0.545. The highest BCUT2D eigenvalue weighted by Gasteiger charge is 2.53. The van der Waals surface area contributed by atoms with Crippen molar-refractivity contribution in [3.05, 3.63) is 47.5 Å². The number of halogens is 5. The molecule has 0 aliphatic heterocycles. The largest absolute Gasteiger partial charge is 0.523 e. The Balaban J connectivity index is 2.18. The summed E-state index contributed by atoms with van der Waals surface area (Å²) in [5.74, 6) is -2.50. The van der Waals surface area contributed by atoms with Gasteiger partial charge < -0.3 is 0 Å². The van der Waals surface area contributed by atoms with Crippen LogP contribution in [0.3, 0.4) is 0 Å². The summed E-state index contributed by atoms with van der Waals surface area (Å²) >= 11 is 0. The zero-order chi connectivity index (χ0) is 20.4. The molecule has 1 aliphatic rings. The molecule has 0 spiro atoms. The van der Waals surface area contributed by atoms with E-state index in [0.29, 0.717) is 31.1 Å². The number of alkyl halides is 3. The van der Waals surface area contributed by atoms with Crippen molar-refractivity contribution in [1.29, 1.82) is 0 Å². The van der Waals surface area contributed by atoms with Gasteiger partial charge in [-0.3, -0.25) is 4.74 Å². The molecule has 0 amide bonds. The maximum Gasteiger partial charge on any atom is 0.523 e. The molecule has 2 aromatic rings. The third kappa shape index (κ3) is 4.17. The van der Waals surface area contributed by atoms with Crippen molar-refractivity contribution in [2.45, 2.75) is 70.3 Å². The van der Waals surface area contributed by atoms with E-state index in [9.17, 15) is 13.2 Å². The fourth-order valence-corrected chi connectivity index (χ4v) is 4.61. The minimum atomic E-state index is -4.98. The Morgan fingerprint density at radius 1 is 1.11 bits per heavy atom. The van der Waals surface area contributed by atoms with Crippen LogP contribution >= 0.6 is 0 Å². The van der Waals surface area contributed by atoms with Crippen LogP contribution in [0.5, 0.6) is 0 Å². The van der Waals surface area contributed by atoms with Gasteiger partial charge in [0, 0.05) is 5.39 Å². The monoisotopic (exact) mass is 400 g/mol. The molecule has 2 unspecified atom stereocenters. The maximum atomic E-state index is 15.4. The number of rotatable bonds is 6. The van der Waals surface area contributed by atoms with E-state index in [4.69, 9.17) is 0 Å². The average Bonchev–Trinajstić information content (AvgIpc) is 2.62. The van der Waals surface area contributed by atoms with E-state index in [1.165, 1.54) is 6.07 Å². The van der Waals surface area contributed by atoms with Gasteiger partial charge in [0.15, 0.2) is 0 Å². The molecule has 1 fully saturated rings. The summed E-state index contributed by atoms with van der Waals surface area (Å²) in [5, 5.41) is 0.434. The van der Waals surface area contributed by atoms with E-state index in [1.807, 2.05) is 6.92 Å². The van der Waals surface area contributed by atoms with E-state index in [-0.39, 0.29) is 11.8 Å². The summed E-state index contributed by atoms with van der Waals surface area (Å²) in [6.45, 7) is 2.00. The Bertz CT molecular complexity index is 816. The molecule has 0 N–H and O–H groups in total. The van der Waals surface area contributed by atoms with Crippen LogP contribution in [0.2, 0.25) is 0 Å². The van der Waals surface area contributed by atoms with Crippen molar-refractivity contribution in [3.8, 4) is 0 Å². The molecular formula is C22H25F5O. The molecule has 1 saturated carbocycles. The second-order valence-corrected chi connectivity index (χ2v) is 7.64. The molecule has 0 aromatic heterocycles. The Kier molecular flexibility index (Phi) is 6.28. The molecule has 0 heterocycles. The number of hydrogen-bond donors (Lipinski definition) is 0. The smallest absolute Gasteiger partial charge is 0.280 e. The number of unbranched alkanes of at least 4 members (excludes halogenated alkanes) is 2. The summed E-state index contributed by atoms with van der Waals surface area (Å²) in [4.78, 5) is 0. The van der Waals surface area contributed by atoms with Crippen LogP contribution in [-0.2, 0) is 10.3 Å². The lowest BCUT2D eigenvalue weighted by atomic mass is 9.68. The molecule has 2 aromatic carbocycles. The van der Waals surface area contributed by atoms with Gasteiger partial charge in [0.25, 0.3) is 0 Å². The SMILES string of the molecule is CCCCCC1CCCCC1(OC(F)(F)F)c1c(F)cc2ccccc2c1F. The van der Waals surface area contributed by atoms with Crippen LogP contribution in [0.4, 0.5) is 22.0 Å². The first-order chi connectivity index (χ1) is 13.3. The molecule has 1 aliphatic carbocycles. The standard InChI is InChI=1S/C22H25F5O/c1-2-3-4-10-16-11-7-8-13-21(16,28-22(25,26)27)19-18(23)14-15-9-5-6-12-17(15)20(19)24/h5-6,9,12,14,16H,2-4,7-8,10-11,13H2,1H3. The summed E-state index contributed by atoms with van der Waals surface area (Å²) in [6, 6.07) is 7.35. The first kappa shape index (κ1) is 21.0. The lowest BCUT2D eigenvalue weighted by Crippen LogP contribution is -2.46. The second-order valence-electron chi connectivity index (χ2n) is 7.64. The second kappa shape index (κ2) is 8.36. The Morgan fingerprint density at radius 2 is 1.86 bits per heavy atom. The molecule has 0 saturated heterocycles. The van der Waals surface area contributed by atoms with Gasteiger partial charge in [0.1, 0.15) is 17.2 Å². The predicted octanol–water partition coefficient (Wildman–Crippen LogP) is 7.62. The molecule has 3 rings (SSSR count). The number of benzene rings is 2. The first-order valence-corrected chi connectivity index (χ1v) is 9.92. The van der Waals surface area contributed by atoms with Gasteiger partial charge in [-0.2, -0.15) is 0 Å². The molecule has 0 radical (unpaired) electrons. The van der Waals surface area contributed by atoms with Crippen molar-refractivity contribution in [1.82, 2.24) is 0 Å². The van der Waals surface area contributed by atoms with Crippen molar-refractivity contribution in [3.63, 3.8) is 0 Å². The summed E-state index contributed by atoms with van der Waals surface area (Å²) < 4.78 is 75.4. The number of fused-ring (bicyclic) bond motifs is 1. The van der Waals surface area contributed by atoms with E-state index in [1.54, 1.807) is 18.2 Å². The third-order valence-corrected chi connectivity index (χ3v) is 5.83. The van der Waals surface area contributed by atoms with E-state index >= 15 is 8.78 Å². The molecule has 154 valence electrons. The van der Waals surface area contributed by atoms with Crippen LogP contribution in [-0.4, -0.2) is 6.36 Å².